The highest BCUT2D eigenvalue weighted by Crippen LogP contribution is 2.25. The lowest BCUT2D eigenvalue weighted by Crippen LogP contribution is -2.23. The van der Waals surface area contributed by atoms with Gasteiger partial charge in [-0.3, -0.25) is 4.68 Å². The van der Waals surface area contributed by atoms with Crippen LogP contribution in [0.1, 0.15) is 22.5 Å². The van der Waals surface area contributed by atoms with Crippen LogP contribution in [0.4, 0.5) is 13.2 Å². The molecule has 0 saturated heterocycles. The largest absolute Gasteiger partial charge is 0.327 e. The summed E-state index contributed by atoms with van der Waals surface area (Å²) < 4.78 is 69.1. The molecule has 0 atom stereocenters. The smallest absolute Gasteiger partial charge is 0.245 e. The molecule has 10 heteroatoms. The van der Waals surface area contributed by atoms with Crippen molar-refractivity contribution in [3.63, 3.8) is 0 Å². The first-order valence-corrected chi connectivity index (χ1v) is 9.91. The minimum absolute atomic E-state index is 0.00899. The number of nitrogens with two attached hydrogens (primary N) is 1. The Labute approximate surface area is 162 Å². The Morgan fingerprint density at radius 3 is 2.46 bits per heavy atom. The van der Waals surface area contributed by atoms with Crippen LogP contribution in [0, 0.1) is 25.5 Å². The van der Waals surface area contributed by atoms with Crippen LogP contribution in [0.3, 0.4) is 0 Å². The maximum Gasteiger partial charge on any atom is 0.245 e. The first-order valence-electron chi connectivity index (χ1n) is 8.47. The molecule has 1 heterocycles. The van der Waals surface area contributed by atoms with Gasteiger partial charge in [-0.05, 0) is 37.6 Å². The fourth-order valence-corrected chi connectivity index (χ4v) is 3.72. The van der Waals surface area contributed by atoms with Gasteiger partial charge < -0.3 is 5.73 Å². The van der Waals surface area contributed by atoms with Crippen molar-refractivity contribution in [1.82, 2.24) is 14.1 Å². The van der Waals surface area contributed by atoms with E-state index in [1.54, 1.807) is 13.8 Å². The van der Waals surface area contributed by atoms with Crippen molar-refractivity contribution >= 4 is 10.0 Å². The molecule has 154 valence electrons. The molecule has 0 radical (unpaired) electrons. The molecule has 0 aliphatic rings. The molecule has 0 bridgehead atoms. The number of hydrogen-bond donors (Lipinski definition) is 1. The van der Waals surface area contributed by atoms with Crippen molar-refractivity contribution in [2.75, 3.05) is 20.6 Å². The molecule has 0 unspecified atom stereocenters. The molecule has 2 N–H and O–H groups in total. The van der Waals surface area contributed by atoms with Crippen molar-refractivity contribution < 1.29 is 21.6 Å². The summed E-state index contributed by atoms with van der Waals surface area (Å²) in [4.78, 5) is -0.725. The zero-order chi connectivity index (χ0) is 21.2. The highest BCUT2D eigenvalue weighted by molar-refractivity contribution is 7.89. The molecule has 0 aliphatic carbocycles. The van der Waals surface area contributed by atoms with Crippen LogP contribution in [0.2, 0.25) is 0 Å². The number of halogens is 3. The van der Waals surface area contributed by atoms with Gasteiger partial charge >= 0.3 is 0 Å². The summed E-state index contributed by atoms with van der Waals surface area (Å²) in [6.07, 6.45) is 1.22. The van der Waals surface area contributed by atoms with Gasteiger partial charge in [-0.1, -0.05) is 0 Å². The van der Waals surface area contributed by atoms with E-state index in [0.717, 1.165) is 10.4 Å². The van der Waals surface area contributed by atoms with Gasteiger partial charge in [0.05, 0.1) is 12.2 Å². The normalized spacial score (nSPS) is 12.8. The van der Waals surface area contributed by atoms with Crippen molar-refractivity contribution in [1.29, 1.82) is 0 Å². The van der Waals surface area contributed by atoms with E-state index in [-0.39, 0.29) is 25.1 Å². The second kappa shape index (κ2) is 8.46. The third-order valence-electron chi connectivity index (χ3n) is 4.40. The maximum atomic E-state index is 14.5. The van der Waals surface area contributed by atoms with E-state index in [2.05, 4.69) is 5.10 Å². The van der Waals surface area contributed by atoms with Crippen LogP contribution in [-0.2, 0) is 23.0 Å². The zero-order valence-electron chi connectivity index (χ0n) is 16.1. The molecule has 2 rings (SSSR count). The Balaban J connectivity index is 2.41. The Morgan fingerprint density at radius 2 is 1.89 bits per heavy atom. The zero-order valence-corrected chi connectivity index (χ0v) is 16.9. The SMILES string of the molecule is Cc1nn(C/C(F)=C/CN)c(C)c1Cc1cc(F)c(S(=O)(=O)N(C)C)cc1F. The second-order valence-electron chi connectivity index (χ2n) is 6.53. The molecule has 28 heavy (non-hydrogen) atoms. The third-order valence-corrected chi connectivity index (χ3v) is 6.23. The molecule has 0 amide bonds. The minimum atomic E-state index is -4.11. The Kier molecular flexibility index (Phi) is 6.68. The molecular formula is C18H23F3N4O2S. The predicted molar refractivity (Wildman–Crippen MR) is 100.0 cm³/mol. The van der Waals surface area contributed by atoms with Crippen LogP contribution < -0.4 is 5.73 Å². The van der Waals surface area contributed by atoms with Crippen LogP contribution in [0.5, 0.6) is 0 Å². The van der Waals surface area contributed by atoms with Gasteiger partial charge in [-0.2, -0.15) is 5.10 Å². The molecule has 0 fully saturated rings. The molecule has 0 aliphatic heterocycles. The number of sulfonamides is 1. The molecular weight excluding hydrogens is 393 g/mol. The van der Waals surface area contributed by atoms with Crippen molar-refractivity contribution in [3.05, 3.63) is 58.2 Å². The Bertz CT molecular complexity index is 1010. The van der Waals surface area contributed by atoms with Gasteiger partial charge in [0.25, 0.3) is 0 Å². The fraction of sp³-hybridized carbons (Fsp3) is 0.389. The lowest BCUT2D eigenvalue weighted by molar-refractivity contribution is 0.502. The van der Waals surface area contributed by atoms with Crippen molar-refractivity contribution in [2.45, 2.75) is 31.7 Å². The van der Waals surface area contributed by atoms with E-state index in [1.165, 1.54) is 24.9 Å². The number of aromatic nitrogens is 2. The number of aryl methyl sites for hydroxylation is 1. The summed E-state index contributed by atoms with van der Waals surface area (Å²) >= 11 is 0. The van der Waals surface area contributed by atoms with Crippen LogP contribution in [0.15, 0.2) is 28.9 Å². The van der Waals surface area contributed by atoms with Crippen molar-refractivity contribution in [3.8, 4) is 0 Å². The first kappa shape index (κ1) is 22.1. The molecule has 1 aromatic carbocycles. The molecule has 0 spiro atoms. The van der Waals surface area contributed by atoms with Crippen LogP contribution in [0.25, 0.3) is 0 Å². The fourth-order valence-electron chi connectivity index (χ4n) is 2.77. The third kappa shape index (κ3) is 4.45. The van der Waals surface area contributed by atoms with Gasteiger partial charge in [-0.25, -0.2) is 25.9 Å². The number of rotatable bonds is 7. The number of hydrogen-bond acceptors (Lipinski definition) is 4. The summed E-state index contributed by atoms with van der Waals surface area (Å²) in [5, 5.41) is 4.24. The summed E-state index contributed by atoms with van der Waals surface area (Å²) in [6.45, 7) is 3.33. The highest BCUT2D eigenvalue weighted by Gasteiger charge is 2.25. The molecule has 2 aromatic rings. The molecule has 6 nitrogen and oxygen atoms in total. The van der Waals surface area contributed by atoms with Gasteiger partial charge in [-0.15, -0.1) is 0 Å². The quantitative estimate of drug-likeness (QED) is 0.752. The summed E-state index contributed by atoms with van der Waals surface area (Å²) in [5.74, 6) is -2.33. The average Bonchev–Trinajstić information content (AvgIpc) is 2.85. The molecule has 0 saturated carbocycles. The lowest BCUT2D eigenvalue weighted by Gasteiger charge is -2.13. The summed E-state index contributed by atoms with van der Waals surface area (Å²) in [5.41, 5.74) is 7.02. The van der Waals surface area contributed by atoms with E-state index in [0.29, 0.717) is 23.0 Å². The second-order valence-corrected chi connectivity index (χ2v) is 8.65. The Morgan fingerprint density at radius 1 is 1.25 bits per heavy atom. The van der Waals surface area contributed by atoms with E-state index in [4.69, 9.17) is 5.73 Å². The van der Waals surface area contributed by atoms with Crippen molar-refractivity contribution in [2.24, 2.45) is 5.73 Å². The summed E-state index contributed by atoms with van der Waals surface area (Å²) in [6, 6.07) is 1.55. The van der Waals surface area contributed by atoms with Gasteiger partial charge in [0.1, 0.15) is 22.4 Å². The van der Waals surface area contributed by atoms with Gasteiger partial charge in [0.2, 0.25) is 10.0 Å². The molecule has 1 aromatic heterocycles. The predicted octanol–water partition coefficient (Wildman–Crippen LogP) is 2.43. The monoisotopic (exact) mass is 416 g/mol. The van der Waals surface area contributed by atoms with Crippen LogP contribution >= 0.6 is 0 Å². The van der Waals surface area contributed by atoms with E-state index >= 15 is 0 Å². The van der Waals surface area contributed by atoms with E-state index < -0.39 is 32.4 Å². The standard InChI is InChI=1S/C18H23F3N4O2S/c1-11-15(12(2)25(23-11)10-14(19)5-6-22)7-13-8-17(21)18(9-16(13)20)28(26,27)24(3)4/h5,8-9H,6-7,10,22H2,1-4H3/b14-5-. The number of nitrogens with zero attached hydrogens (tertiary/aromatic N) is 3. The minimum Gasteiger partial charge on any atom is -0.327 e. The topological polar surface area (TPSA) is 81.2 Å². The first-order chi connectivity index (χ1) is 13.0. The van der Waals surface area contributed by atoms with E-state index in [1.807, 2.05) is 0 Å². The van der Waals surface area contributed by atoms with Gasteiger partial charge in [0.15, 0.2) is 0 Å². The summed E-state index contributed by atoms with van der Waals surface area (Å²) in [7, 11) is -1.64. The Hall–Kier alpha value is -2.17. The lowest BCUT2D eigenvalue weighted by atomic mass is 10.0. The number of benzene rings is 1. The van der Waals surface area contributed by atoms with Crippen LogP contribution in [-0.4, -0.2) is 43.1 Å². The maximum absolute atomic E-state index is 14.5. The number of allylic oxidation sites excluding steroid dienone is 1. The highest BCUT2D eigenvalue weighted by atomic mass is 32.2. The van der Waals surface area contributed by atoms with E-state index in [9.17, 15) is 21.6 Å². The average molecular weight is 416 g/mol. The van der Waals surface area contributed by atoms with Gasteiger partial charge in [0, 0.05) is 38.3 Å².